The number of rotatable bonds is 3. The summed E-state index contributed by atoms with van der Waals surface area (Å²) in [5, 5.41) is 20.0. The number of amides is 1. The van der Waals surface area contributed by atoms with Gasteiger partial charge in [-0.05, 0) is 13.8 Å². The number of hydrogen-bond donors (Lipinski definition) is 3. The van der Waals surface area contributed by atoms with Gasteiger partial charge in [-0.1, -0.05) is 0 Å². The van der Waals surface area contributed by atoms with E-state index in [2.05, 4.69) is 5.32 Å². The zero-order valence-electron chi connectivity index (χ0n) is 6.96. The first-order chi connectivity index (χ1) is 5.49. The van der Waals surface area contributed by atoms with Gasteiger partial charge >= 0.3 is 0 Å². The van der Waals surface area contributed by atoms with Crippen LogP contribution >= 0.6 is 0 Å². The SMILES string of the molecule is CC(C)N/C(O)=C(\C#N)C(N)=O. The van der Waals surface area contributed by atoms with Gasteiger partial charge in [-0.15, -0.1) is 0 Å². The first kappa shape index (κ1) is 10.3. The molecule has 0 aromatic rings. The first-order valence-corrected chi connectivity index (χ1v) is 3.38. The summed E-state index contributed by atoms with van der Waals surface area (Å²) >= 11 is 0. The number of aliphatic hydroxyl groups is 1. The van der Waals surface area contributed by atoms with E-state index in [0.717, 1.165) is 0 Å². The largest absolute Gasteiger partial charge is 0.494 e. The Labute approximate surface area is 70.5 Å². The molecule has 0 unspecified atom stereocenters. The molecule has 5 heteroatoms. The van der Waals surface area contributed by atoms with Crippen LogP contribution < -0.4 is 11.1 Å². The van der Waals surface area contributed by atoms with Crippen molar-refractivity contribution in [3.05, 3.63) is 11.5 Å². The van der Waals surface area contributed by atoms with Gasteiger partial charge in [-0.25, -0.2) is 0 Å². The summed E-state index contributed by atoms with van der Waals surface area (Å²) in [6.07, 6.45) is 0. The fraction of sp³-hybridized carbons (Fsp3) is 0.429. The topological polar surface area (TPSA) is 99.1 Å². The highest BCUT2D eigenvalue weighted by atomic mass is 16.3. The van der Waals surface area contributed by atoms with Crippen LogP contribution in [0.2, 0.25) is 0 Å². The number of nitriles is 1. The second-order valence-corrected chi connectivity index (χ2v) is 2.50. The van der Waals surface area contributed by atoms with Crippen LogP contribution in [-0.2, 0) is 4.79 Å². The van der Waals surface area contributed by atoms with Crippen LogP contribution in [0.1, 0.15) is 13.8 Å². The molecule has 12 heavy (non-hydrogen) atoms. The van der Waals surface area contributed by atoms with Crippen LogP contribution in [-0.4, -0.2) is 17.1 Å². The van der Waals surface area contributed by atoms with Gasteiger partial charge in [-0.2, -0.15) is 5.26 Å². The van der Waals surface area contributed by atoms with E-state index in [-0.39, 0.29) is 6.04 Å². The third-order valence-electron chi connectivity index (χ3n) is 1.02. The molecule has 0 atom stereocenters. The summed E-state index contributed by atoms with van der Waals surface area (Å²) in [4.78, 5) is 10.5. The highest BCUT2D eigenvalue weighted by molar-refractivity contribution is 5.96. The summed E-state index contributed by atoms with van der Waals surface area (Å²) in [5.74, 6) is -1.41. The van der Waals surface area contributed by atoms with Gasteiger partial charge in [0.05, 0.1) is 0 Å². The van der Waals surface area contributed by atoms with Crippen LogP contribution in [0.15, 0.2) is 11.5 Å². The molecule has 4 N–H and O–H groups in total. The van der Waals surface area contributed by atoms with Gasteiger partial charge in [0.1, 0.15) is 6.07 Å². The van der Waals surface area contributed by atoms with Crippen molar-refractivity contribution in [2.75, 3.05) is 0 Å². The van der Waals surface area contributed by atoms with Crippen molar-refractivity contribution in [3.8, 4) is 6.07 Å². The standard InChI is InChI=1S/C7H11N3O2/c1-4(2)10-7(12)5(3-8)6(9)11/h4,10,12H,1-2H3,(H2,9,11)/b7-5-. The number of carbonyl (C=O) groups excluding carboxylic acids is 1. The van der Waals surface area contributed by atoms with E-state index >= 15 is 0 Å². The molecular formula is C7H11N3O2. The van der Waals surface area contributed by atoms with E-state index in [4.69, 9.17) is 16.1 Å². The van der Waals surface area contributed by atoms with Gasteiger partial charge in [0, 0.05) is 6.04 Å². The van der Waals surface area contributed by atoms with E-state index in [1.54, 1.807) is 13.8 Å². The highest BCUT2D eigenvalue weighted by Crippen LogP contribution is 1.96. The summed E-state index contributed by atoms with van der Waals surface area (Å²) in [5.41, 5.74) is 4.35. The van der Waals surface area contributed by atoms with Crippen molar-refractivity contribution in [2.24, 2.45) is 5.73 Å². The number of primary amides is 1. The van der Waals surface area contributed by atoms with Gasteiger partial charge < -0.3 is 16.2 Å². The lowest BCUT2D eigenvalue weighted by Crippen LogP contribution is -2.26. The fourth-order valence-electron chi connectivity index (χ4n) is 0.570. The molecule has 0 rings (SSSR count). The van der Waals surface area contributed by atoms with Crippen molar-refractivity contribution in [2.45, 2.75) is 19.9 Å². The molecule has 0 spiro atoms. The van der Waals surface area contributed by atoms with Crippen LogP contribution in [0.5, 0.6) is 0 Å². The van der Waals surface area contributed by atoms with Crippen LogP contribution in [0.3, 0.4) is 0 Å². The maximum atomic E-state index is 10.5. The van der Waals surface area contributed by atoms with E-state index in [1.165, 1.54) is 6.07 Å². The van der Waals surface area contributed by atoms with Gasteiger partial charge in [0.2, 0.25) is 5.88 Å². The monoisotopic (exact) mass is 169 g/mol. The second kappa shape index (κ2) is 4.23. The number of aliphatic hydroxyl groups excluding tert-OH is 1. The molecule has 0 aliphatic carbocycles. The summed E-state index contributed by atoms with van der Waals surface area (Å²) in [7, 11) is 0. The van der Waals surface area contributed by atoms with Crippen LogP contribution in [0.25, 0.3) is 0 Å². The van der Waals surface area contributed by atoms with E-state index < -0.39 is 17.4 Å². The molecule has 0 aromatic carbocycles. The van der Waals surface area contributed by atoms with Crippen molar-refractivity contribution in [1.29, 1.82) is 5.26 Å². The van der Waals surface area contributed by atoms with Crippen molar-refractivity contribution < 1.29 is 9.90 Å². The predicted molar refractivity (Wildman–Crippen MR) is 42.7 cm³/mol. The Morgan fingerprint density at radius 1 is 1.67 bits per heavy atom. The quantitative estimate of drug-likeness (QED) is 0.308. The van der Waals surface area contributed by atoms with Crippen molar-refractivity contribution in [3.63, 3.8) is 0 Å². The molecule has 0 bridgehead atoms. The van der Waals surface area contributed by atoms with Gasteiger partial charge in [0.15, 0.2) is 5.57 Å². The van der Waals surface area contributed by atoms with Crippen LogP contribution in [0.4, 0.5) is 0 Å². The van der Waals surface area contributed by atoms with Crippen molar-refractivity contribution >= 4 is 5.91 Å². The van der Waals surface area contributed by atoms with E-state index in [0.29, 0.717) is 0 Å². The Balaban J connectivity index is 4.64. The van der Waals surface area contributed by atoms with Crippen molar-refractivity contribution in [1.82, 2.24) is 5.32 Å². The molecule has 0 saturated carbocycles. The zero-order valence-corrected chi connectivity index (χ0v) is 6.96. The average molecular weight is 169 g/mol. The molecule has 1 amide bonds. The minimum atomic E-state index is -0.942. The summed E-state index contributed by atoms with van der Waals surface area (Å²) in [6, 6.07) is 1.44. The zero-order chi connectivity index (χ0) is 9.72. The fourth-order valence-corrected chi connectivity index (χ4v) is 0.570. The summed E-state index contributed by atoms with van der Waals surface area (Å²) in [6.45, 7) is 3.51. The predicted octanol–water partition coefficient (Wildman–Crippen LogP) is -0.237. The number of carbonyl (C=O) groups is 1. The molecule has 0 saturated heterocycles. The third-order valence-corrected chi connectivity index (χ3v) is 1.02. The van der Waals surface area contributed by atoms with Gasteiger partial charge in [0.25, 0.3) is 5.91 Å². The normalized spacial score (nSPS) is 11.8. The molecule has 0 radical (unpaired) electrons. The average Bonchev–Trinajstić information content (AvgIpc) is 1.85. The Morgan fingerprint density at radius 2 is 2.17 bits per heavy atom. The Hall–Kier alpha value is -1.70. The molecular weight excluding hydrogens is 158 g/mol. The lowest BCUT2D eigenvalue weighted by molar-refractivity contribution is -0.114. The maximum absolute atomic E-state index is 10.5. The lowest BCUT2D eigenvalue weighted by atomic mass is 10.3. The lowest BCUT2D eigenvalue weighted by Gasteiger charge is -2.08. The maximum Gasteiger partial charge on any atom is 0.264 e. The van der Waals surface area contributed by atoms with Gasteiger partial charge in [-0.3, -0.25) is 4.79 Å². The Kier molecular flexibility index (Phi) is 3.63. The Bertz CT molecular complexity index is 250. The first-order valence-electron chi connectivity index (χ1n) is 3.38. The van der Waals surface area contributed by atoms with E-state index in [1.807, 2.05) is 0 Å². The van der Waals surface area contributed by atoms with Crippen LogP contribution in [0, 0.1) is 11.3 Å². The molecule has 0 aliphatic heterocycles. The molecule has 0 aliphatic rings. The number of hydrogen-bond acceptors (Lipinski definition) is 4. The van der Waals surface area contributed by atoms with E-state index in [9.17, 15) is 4.79 Å². The third kappa shape index (κ3) is 2.92. The molecule has 0 heterocycles. The smallest absolute Gasteiger partial charge is 0.264 e. The minimum absolute atomic E-state index is 0.0623. The number of nitrogens with zero attached hydrogens (tertiary/aromatic N) is 1. The number of nitrogens with one attached hydrogen (secondary N) is 1. The Morgan fingerprint density at radius 3 is 2.42 bits per heavy atom. The molecule has 0 fully saturated rings. The molecule has 0 aromatic heterocycles. The minimum Gasteiger partial charge on any atom is -0.494 e. The summed E-state index contributed by atoms with van der Waals surface area (Å²) < 4.78 is 0. The highest BCUT2D eigenvalue weighted by Gasteiger charge is 2.11. The number of nitrogens with two attached hydrogens (primary N) is 1. The molecule has 5 nitrogen and oxygen atoms in total. The second-order valence-electron chi connectivity index (χ2n) is 2.50. The molecule has 66 valence electrons.